The molecule has 1 amide bonds. The Morgan fingerprint density at radius 3 is 2.30 bits per heavy atom. The van der Waals surface area contributed by atoms with Gasteiger partial charge in [-0.05, 0) is 24.0 Å². The Balaban J connectivity index is 0.00000261. The van der Waals surface area contributed by atoms with Gasteiger partial charge in [0.2, 0.25) is 5.91 Å². The van der Waals surface area contributed by atoms with Gasteiger partial charge < -0.3 is 20.0 Å². The van der Waals surface area contributed by atoms with E-state index >= 15 is 0 Å². The molecule has 2 saturated heterocycles. The van der Waals surface area contributed by atoms with E-state index in [1.807, 2.05) is 11.0 Å². The molecule has 1 N–H and O–H groups in total. The molecule has 0 atom stereocenters. The van der Waals surface area contributed by atoms with Crippen molar-refractivity contribution in [2.75, 3.05) is 57.8 Å². The number of rotatable bonds is 3. The van der Waals surface area contributed by atoms with Crippen molar-refractivity contribution in [2.45, 2.75) is 20.3 Å². The molecule has 0 aromatic heterocycles. The molecular weight excluding hydrogens is 453 g/mol. The highest BCUT2D eigenvalue weighted by Gasteiger charge is 2.31. The molecule has 7 heteroatoms. The van der Waals surface area contributed by atoms with Crippen molar-refractivity contribution in [2.24, 2.45) is 10.4 Å². The molecule has 1 aromatic rings. The number of anilines is 1. The second kappa shape index (κ2) is 9.61. The number of piperazine rings is 1. The predicted molar refractivity (Wildman–Crippen MR) is 122 cm³/mol. The van der Waals surface area contributed by atoms with Crippen molar-refractivity contribution >= 4 is 41.5 Å². The Hall–Kier alpha value is -1.51. The first-order valence-electron chi connectivity index (χ1n) is 9.52. The summed E-state index contributed by atoms with van der Waals surface area (Å²) in [5.41, 5.74) is 1.55. The van der Waals surface area contributed by atoms with E-state index in [0.29, 0.717) is 12.0 Å². The van der Waals surface area contributed by atoms with Crippen molar-refractivity contribution in [1.82, 2.24) is 15.1 Å². The van der Waals surface area contributed by atoms with Crippen LogP contribution in [0.15, 0.2) is 35.3 Å². The van der Waals surface area contributed by atoms with Gasteiger partial charge in [-0.3, -0.25) is 9.79 Å². The van der Waals surface area contributed by atoms with Crippen LogP contribution in [-0.4, -0.2) is 74.5 Å². The van der Waals surface area contributed by atoms with Gasteiger partial charge >= 0.3 is 0 Å². The predicted octanol–water partition coefficient (Wildman–Crippen LogP) is 2.26. The number of nitrogens with one attached hydrogen (secondary N) is 1. The van der Waals surface area contributed by atoms with Crippen molar-refractivity contribution in [3.8, 4) is 0 Å². The molecule has 0 radical (unpaired) electrons. The standard InChI is InChI=1S/C20H31N5O.HI/c1-20(2)9-10-25(16-20)19(21-3)22-15-18(26)24-13-11-23(12-14-24)17-7-5-4-6-8-17;/h4-8H,9-16H2,1-3H3,(H,21,22);1H. The minimum Gasteiger partial charge on any atom is -0.368 e. The third kappa shape index (κ3) is 5.73. The van der Waals surface area contributed by atoms with Crippen LogP contribution in [0.1, 0.15) is 20.3 Å². The lowest BCUT2D eigenvalue weighted by molar-refractivity contribution is -0.130. The second-order valence-electron chi connectivity index (χ2n) is 7.94. The fraction of sp³-hybridized carbons (Fsp3) is 0.600. The minimum atomic E-state index is 0. The topological polar surface area (TPSA) is 51.2 Å². The summed E-state index contributed by atoms with van der Waals surface area (Å²) in [6, 6.07) is 10.4. The van der Waals surface area contributed by atoms with Crippen LogP contribution in [0.2, 0.25) is 0 Å². The van der Waals surface area contributed by atoms with E-state index < -0.39 is 0 Å². The van der Waals surface area contributed by atoms with E-state index in [0.717, 1.165) is 51.6 Å². The fourth-order valence-electron chi connectivity index (χ4n) is 3.74. The molecule has 0 spiro atoms. The number of guanidine groups is 1. The van der Waals surface area contributed by atoms with Gasteiger partial charge in [0.05, 0.1) is 6.54 Å². The molecular formula is C20H32IN5O. The molecule has 6 nitrogen and oxygen atoms in total. The number of hydrogen-bond donors (Lipinski definition) is 1. The first kappa shape index (κ1) is 21.8. The Morgan fingerprint density at radius 2 is 1.74 bits per heavy atom. The van der Waals surface area contributed by atoms with Crippen LogP contribution in [0, 0.1) is 5.41 Å². The lowest BCUT2D eigenvalue weighted by atomic mass is 9.93. The fourth-order valence-corrected chi connectivity index (χ4v) is 3.74. The highest BCUT2D eigenvalue weighted by molar-refractivity contribution is 14.0. The Bertz CT molecular complexity index is 641. The Labute approximate surface area is 180 Å². The smallest absolute Gasteiger partial charge is 0.242 e. The molecule has 0 bridgehead atoms. The van der Waals surface area contributed by atoms with Crippen LogP contribution < -0.4 is 10.2 Å². The third-order valence-electron chi connectivity index (χ3n) is 5.34. The summed E-state index contributed by atoms with van der Waals surface area (Å²) in [5, 5.41) is 3.26. The van der Waals surface area contributed by atoms with Gasteiger partial charge in [0, 0.05) is 52.0 Å². The number of nitrogens with zero attached hydrogens (tertiary/aromatic N) is 4. The SMILES string of the molecule is CN=C(NCC(=O)N1CCN(c2ccccc2)CC1)N1CCC(C)(C)C1.I. The van der Waals surface area contributed by atoms with E-state index in [2.05, 4.69) is 58.2 Å². The zero-order valence-corrected chi connectivity index (χ0v) is 19.0. The number of amides is 1. The van der Waals surface area contributed by atoms with Crippen molar-refractivity contribution in [3.05, 3.63) is 30.3 Å². The van der Waals surface area contributed by atoms with E-state index in [1.165, 1.54) is 5.69 Å². The molecule has 2 aliphatic heterocycles. The monoisotopic (exact) mass is 485 g/mol. The van der Waals surface area contributed by atoms with Crippen LogP contribution in [0.3, 0.4) is 0 Å². The lowest BCUT2D eigenvalue weighted by Gasteiger charge is -2.36. The van der Waals surface area contributed by atoms with Gasteiger partial charge in [0.15, 0.2) is 5.96 Å². The molecule has 0 aliphatic carbocycles. The van der Waals surface area contributed by atoms with Gasteiger partial charge in [0.1, 0.15) is 0 Å². The highest BCUT2D eigenvalue weighted by Crippen LogP contribution is 2.28. The van der Waals surface area contributed by atoms with Crippen molar-refractivity contribution < 1.29 is 4.79 Å². The molecule has 3 rings (SSSR count). The number of carbonyl (C=O) groups is 1. The normalized spacial score (nSPS) is 19.7. The number of likely N-dealkylation sites (tertiary alicyclic amines) is 1. The van der Waals surface area contributed by atoms with Gasteiger partial charge in [-0.2, -0.15) is 0 Å². The molecule has 0 saturated carbocycles. The summed E-state index contributed by atoms with van der Waals surface area (Å²) in [6.45, 7) is 10.1. The van der Waals surface area contributed by atoms with Crippen molar-refractivity contribution in [3.63, 3.8) is 0 Å². The summed E-state index contributed by atoms with van der Waals surface area (Å²) in [6.07, 6.45) is 1.16. The Kier molecular flexibility index (Phi) is 7.76. The van der Waals surface area contributed by atoms with Gasteiger partial charge in [0.25, 0.3) is 0 Å². The molecule has 1 aromatic carbocycles. The van der Waals surface area contributed by atoms with E-state index in [4.69, 9.17) is 0 Å². The van der Waals surface area contributed by atoms with Crippen molar-refractivity contribution in [1.29, 1.82) is 0 Å². The van der Waals surface area contributed by atoms with Gasteiger partial charge in [-0.25, -0.2) is 0 Å². The summed E-state index contributed by atoms with van der Waals surface area (Å²) in [4.78, 5) is 23.5. The van der Waals surface area contributed by atoms with Crippen LogP contribution in [-0.2, 0) is 4.79 Å². The summed E-state index contributed by atoms with van der Waals surface area (Å²) >= 11 is 0. The maximum absolute atomic E-state index is 12.6. The van der Waals surface area contributed by atoms with E-state index in [1.54, 1.807) is 7.05 Å². The second-order valence-corrected chi connectivity index (χ2v) is 7.94. The molecule has 27 heavy (non-hydrogen) atoms. The summed E-state index contributed by atoms with van der Waals surface area (Å²) in [5.74, 6) is 0.990. The summed E-state index contributed by atoms with van der Waals surface area (Å²) in [7, 11) is 1.79. The average Bonchev–Trinajstić information content (AvgIpc) is 3.02. The molecule has 2 heterocycles. The number of carbonyl (C=O) groups excluding carboxylic acids is 1. The molecule has 0 unspecified atom stereocenters. The minimum absolute atomic E-state index is 0. The van der Waals surface area contributed by atoms with Crippen LogP contribution in [0.4, 0.5) is 5.69 Å². The van der Waals surface area contributed by atoms with Crippen LogP contribution in [0.25, 0.3) is 0 Å². The number of aliphatic imine (C=N–C) groups is 1. The Morgan fingerprint density at radius 1 is 1.07 bits per heavy atom. The number of benzene rings is 1. The molecule has 2 fully saturated rings. The van der Waals surface area contributed by atoms with Gasteiger partial charge in [-0.15, -0.1) is 24.0 Å². The first-order chi connectivity index (χ1) is 12.5. The van der Waals surface area contributed by atoms with Crippen LogP contribution >= 0.6 is 24.0 Å². The molecule has 2 aliphatic rings. The zero-order chi connectivity index (χ0) is 18.6. The first-order valence-corrected chi connectivity index (χ1v) is 9.52. The number of hydrogen-bond acceptors (Lipinski definition) is 3. The number of halogens is 1. The quantitative estimate of drug-likeness (QED) is 0.406. The van der Waals surface area contributed by atoms with E-state index in [9.17, 15) is 4.79 Å². The largest absolute Gasteiger partial charge is 0.368 e. The number of para-hydroxylation sites is 1. The maximum atomic E-state index is 12.6. The molecule has 150 valence electrons. The third-order valence-corrected chi connectivity index (χ3v) is 5.34. The summed E-state index contributed by atoms with van der Waals surface area (Å²) < 4.78 is 0. The van der Waals surface area contributed by atoms with Gasteiger partial charge in [-0.1, -0.05) is 32.0 Å². The zero-order valence-electron chi connectivity index (χ0n) is 16.6. The van der Waals surface area contributed by atoms with Crippen LogP contribution in [0.5, 0.6) is 0 Å². The maximum Gasteiger partial charge on any atom is 0.242 e. The lowest BCUT2D eigenvalue weighted by Crippen LogP contribution is -2.52. The van der Waals surface area contributed by atoms with E-state index in [-0.39, 0.29) is 29.9 Å². The highest BCUT2D eigenvalue weighted by atomic mass is 127. The average molecular weight is 485 g/mol.